The molecule has 1 N–H and O–H groups in total. The van der Waals surface area contributed by atoms with E-state index < -0.39 is 0 Å². The molecular formula is C23H26FN3O. The molecule has 0 amide bonds. The number of aliphatic hydroxyl groups is 1. The number of hydrogen-bond acceptors (Lipinski definition) is 3. The summed E-state index contributed by atoms with van der Waals surface area (Å²) in [6.07, 6.45) is 6.54. The van der Waals surface area contributed by atoms with Gasteiger partial charge in [0, 0.05) is 30.9 Å². The Morgan fingerprint density at radius 3 is 2.46 bits per heavy atom. The fourth-order valence-electron chi connectivity index (χ4n) is 4.24. The molecule has 146 valence electrons. The fraction of sp³-hybridized carbons (Fsp3) is 0.348. The number of hydrogen-bond donors (Lipinski definition) is 1. The molecule has 1 fully saturated rings. The summed E-state index contributed by atoms with van der Waals surface area (Å²) in [7, 11) is 0. The first-order valence-corrected chi connectivity index (χ1v) is 9.82. The van der Waals surface area contributed by atoms with Crippen LogP contribution in [0, 0.1) is 11.2 Å². The van der Waals surface area contributed by atoms with Crippen molar-refractivity contribution in [2.45, 2.75) is 25.8 Å². The average molecular weight is 379 g/mol. The molecule has 1 aliphatic rings. The van der Waals surface area contributed by atoms with Gasteiger partial charge < -0.3 is 5.11 Å². The minimum atomic E-state index is -0.217. The number of nitrogens with zero attached hydrogens (tertiary/aromatic N) is 3. The minimum Gasteiger partial charge on any atom is -0.396 e. The summed E-state index contributed by atoms with van der Waals surface area (Å²) in [6, 6.07) is 17.0. The first kappa shape index (κ1) is 18.8. The quantitative estimate of drug-likeness (QED) is 0.708. The van der Waals surface area contributed by atoms with Gasteiger partial charge in [-0.05, 0) is 67.3 Å². The summed E-state index contributed by atoms with van der Waals surface area (Å²) in [6.45, 7) is 2.90. The van der Waals surface area contributed by atoms with Crippen molar-refractivity contribution in [3.63, 3.8) is 0 Å². The van der Waals surface area contributed by atoms with Gasteiger partial charge >= 0.3 is 0 Å². The van der Waals surface area contributed by atoms with Crippen LogP contribution in [0.25, 0.3) is 5.69 Å². The molecule has 3 aromatic rings. The van der Waals surface area contributed by atoms with Gasteiger partial charge in [-0.25, -0.2) is 9.07 Å². The third kappa shape index (κ3) is 4.32. The Morgan fingerprint density at radius 1 is 1.04 bits per heavy atom. The molecule has 0 radical (unpaired) electrons. The van der Waals surface area contributed by atoms with E-state index >= 15 is 0 Å². The van der Waals surface area contributed by atoms with Gasteiger partial charge in [0.1, 0.15) is 5.82 Å². The van der Waals surface area contributed by atoms with Crippen LogP contribution in [0.4, 0.5) is 4.39 Å². The van der Waals surface area contributed by atoms with Crippen LogP contribution in [0.3, 0.4) is 0 Å². The molecule has 1 atom stereocenters. The number of likely N-dealkylation sites (tertiary alicyclic amines) is 1. The summed E-state index contributed by atoms with van der Waals surface area (Å²) < 4.78 is 15.1. The smallest absolute Gasteiger partial charge is 0.123 e. The van der Waals surface area contributed by atoms with Crippen LogP contribution in [0.2, 0.25) is 0 Å². The monoisotopic (exact) mass is 379 g/mol. The first-order valence-electron chi connectivity index (χ1n) is 9.82. The highest BCUT2D eigenvalue weighted by atomic mass is 19.1. The van der Waals surface area contributed by atoms with Gasteiger partial charge in [0.05, 0.1) is 12.3 Å². The highest BCUT2D eigenvalue weighted by molar-refractivity contribution is 5.33. The fourth-order valence-corrected chi connectivity index (χ4v) is 4.24. The second-order valence-corrected chi connectivity index (χ2v) is 7.89. The zero-order valence-corrected chi connectivity index (χ0v) is 16.0. The lowest BCUT2D eigenvalue weighted by molar-refractivity contribution is 0.0288. The molecule has 0 unspecified atom stereocenters. The zero-order valence-electron chi connectivity index (χ0n) is 16.0. The maximum Gasteiger partial charge on any atom is 0.123 e. The molecule has 4 rings (SSSR count). The van der Waals surface area contributed by atoms with Crippen molar-refractivity contribution in [1.29, 1.82) is 0 Å². The molecule has 5 heteroatoms. The van der Waals surface area contributed by atoms with E-state index in [4.69, 9.17) is 0 Å². The Morgan fingerprint density at radius 2 is 1.79 bits per heavy atom. The van der Waals surface area contributed by atoms with Crippen molar-refractivity contribution >= 4 is 0 Å². The second-order valence-electron chi connectivity index (χ2n) is 7.89. The van der Waals surface area contributed by atoms with Gasteiger partial charge in [-0.2, -0.15) is 5.10 Å². The minimum absolute atomic E-state index is 0.152. The summed E-state index contributed by atoms with van der Waals surface area (Å²) in [4.78, 5) is 2.42. The normalized spacial score (nSPS) is 20.4. The third-order valence-corrected chi connectivity index (χ3v) is 5.68. The van der Waals surface area contributed by atoms with Gasteiger partial charge in [-0.15, -0.1) is 0 Å². The van der Waals surface area contributed by atoms with Crippen molar-refractivity contribution in [2.75, 3.05) is 19.7 Å². The average Bonchev–Trinajstić information content (AvgIpc) is 3.26. The number of benzene rings is 2. The molecular weight excluding hydrogens is 353 g/mol. The van der Waals surface area contributed by atoms with E-state index in [-0.39, 0.29) is 17.8 Å². The Balaban J connectivity index is 1.43. The van der Waals surface area contributed by atoms with E-state index in [1.807, 2.05) is 29.1 Å². The van der Waals surface area contributed by atoms with Crippen molar-refractivity contribution in [3.05, 3.63) is 83.9 Å². The van der Waals surface area contributed by atoms with E-state index in [9.17, 15) is 9.50 Å². The van der Waals surface area contributed by atoms with Crippen molar-refractivity contribution in [3.8, 4) is 5.69 Å². The van der Waals surface area contributed by atoms with E-state index in [0.29, 0.717) is 0 Å². The molecule has 1 aromatic heterocycles. The third-order valence-electron chi connectivity index (χ3n) is 5.68. The number of rotatable bonds is 6. The van der Waals surface area contributed by atoms with Gasteiger partial charge in [0.15, 0.2) is 0 Å². The van der Waals surface area contributed by atoms with Crippen LogP contribution in [0.15, 0.2) is 67.0 Å². The molecule has 0 aliphatic carbocycles. The molecule has 28 heavy (non-hydrogen) atoms. The van der Waals surface area contributed by atoms with Gasteiger partial charge in [0.2, 0.25) is 0 Å². The maximum absolute atomic E-state index is 13.2. The summed E-state index contributed by atoms with van der Waals surface area (Å²) >= 11 is 0. The zero-order chi connectivity index (χ0) is 19.4. The van der Waals surface area contributed by atoms with E-state index in [2.05, 4.69) is 34.3 Å². The molecule has 0 spiro atoms. The Labute approximate surface area is 165 Å². The standard InChI is InChI=1S/C23H26FN3O/c24-21-7-3-19(4-8-21)15-23(18-28)11-1-13-26(17-23)16-20-5-9-22(10-6-20)27-14-2-12-25-27/h2-10,12,14,28H,1,11,13,15-18H2/t23-/m1/s1. The van der Waals surface area contributed by atoms with E-state index in [1.54, 1.807) is 6.20 Å². The van der Waals surface area contributed by atoms with Crippen LogP contribution in [-0.4, -0.2) is 39.5 Å². The van der Waals surface area contributed by atoms with Gasteiger partial charge in [-0.1, -0.05) is 24.3 Å². The van der Waals surface area contributed by atoms with Crippen molar-refractivity contribution in [1.82, 2.24) is 14.7 Å². The highest BCUT2D eigenvalue weighted by Crippen LogP contribution is 2.34. The number of piperidine rings is 1. The van der Waals surface area contributed by atoms with Crippen LogP contribution >= 0.6 is 0 Å². The van der Waals surface area contributed by atoms with E-state index in [0.717, 1.165) is 50.1 Å². The molecule has 2 aromatic carbocycles. The van der Waals surface area contributed by atoms with Gasteiger partial charge in [-0.3, -0.25) is 4.90 Å². The maximum atomic E-state index is 13.2. The lowest BCUT2D eigenvalue weighted by Crippen LogP contribution is -2.46. The Hall–Kier alpha value is -2.50. The Kier molecular flexibility index (Phi) is 5.55. The molecule has 1 aliphatic heterocycles. The predicted octanol–water partition coefficient (Wildman–Crippen LogP) is 3.83. The predicted molar refractivity (Wildman–Crippen MR) is 108 cm³/mol. The lowest BCUT2D eigenvalue weighted by Gasteiger charge is -2.42. The number of aliphatic hydroxyl groups excluding tert-OH is 1. The molecule has 0 bridgehead atoms. The van der Waals surface area contributed by atoms with Crippen molar-refractivity contribution < 1.29 is 9.50 Å². The molecule has 2 heterocycles. The summed E-state index contributed by atoms with van der Waals surface area (Å²) in [5, 5.41) is 14.4. The summed E-state index contributed by atoms with van der Waals surface area (Å²) in [5.41, 5.74) is 3.23. The lowest BCUT2D eigenvalue weighted by atomic mass is 9.75. The van der Waals surface area contributed by atoms with E-state index in [1.165, 1.54) is 17.7 Å². The van der Waals surface area contributed by atoms with Crippen LogP contribution in [0.5, 0.6) is 0 Å². The van der Waals surface area contributed by atoms with Crippen molar-refractivity contribution in [2.24, 2.45) is 5.41 Å². The van der Waals surface area contributed by atoms with Crippen LogP contribution in [-0.2, 0) is 13.0 Å². The SMILES string of the molecule is OC[C@@]1(Cc2ccc(F)cc2)CCCN(Cc2ccc(-n3cccn3)cc2)C1. The molecule has 0 saturated carbocycles. The van der Waals surface area contributed by atoms with Gasteiger partial charge in [0.25, 0.3) is 0 Å². The van der Waals surface area contributed by atoms with Crippen LogP contribution < -0.4 is 0 Å². The largest absolute Gasteiger partial charge is 0.396 e. The highest BCUT2D eigenvalue weighted by Gasteiger charge is 2.35. The molecule has 1 saturated heterocycles. The second kappa shape index (κ2) is 8.25. The topological polar surface area (TPSA) is 41.3 Å². The number of halogens is 1. The number of aromatic nitrogens is 2. The first-order chi connectivity index (χ1) is 13.7. The summed E-state index contributed by atoms with van der Waals surface area (Å²) in [5.74, 6) is -0.217. The molecule has 4 nitrogen and oxygen atoms in total. The van der Waals surface area contributed by atoms with Crippen LogP contribution in [0.1, 0.15) is 24.0 Å². The Bertz CT molecular complexity index is 877.